The lowest BCUT2D eigenvalue weighted by atomic mass is 10.1. The minimum Gasteiger partial charge on any atom is -0.375 e. The van der Waals surface area contributed by atoms with Gasteiger partial charge < -0.3 is 14.2 Å². The summed E-state index contributed by atoms with van der Waals surface area (Å²) in [6.45, 7) is 6.50. The number of hydrogen-bond donors (Lipinski definition) is 0. The third-order valence-electron chi connectivity index (χ3n) is 4.71. The van der Waals surface area contributed by atoms with Gasteiger partial charge in [0, 0.05) is 38.9 Å². The van der Waals surface area contributed by atoms with Crippen molar-refractivity contribution in [2.45, 2.75) is 19.9 Å². The number of piperazine rings is 1. The Morgan fingerprint density at radius 3 is 2.73 bits per heavy atom. The highest BCUT2D eigenvalue weighted by Gasteiger charge is 2.27. The maximum atomic E-state index is 13.7. The predicted molar refractivity (Wildman–Crippen MR) is 92.9 cm³/mol. The molecule has 0 saturated carbocycles. The van der Waals surface area contributed by atoms with E-state index in [1.54, 1.807) is 24.0 Å². The maximum Gasteiger partial charge on any atom is 0.248 e. The van der Waals surface area contributed by atoms with Gasteiger partial charge in [-0.3, -0.25) is 9.69 Å². The number of amides is 1. The van der Waals surface area contributed by atoms with Gasteiger partial charge in [-0.2, -0.15) is 4.98 Å². The van der Waals surface area contributed by atoms with Gasteiger partial charge in [0.05, 0.1) is 6.04 Å². The molecule has 1 aromatic carbocycles. The molecule has 3 rings (SSSR count). The van der Waals surface area contributed by atoms with Crippen molar-refractivity contribution in [1.29, 1.82) is 0 Å². The minimum absolute atomic E-state index is 0.00118. The molecular formula is C18H23FN4O3. The molecule has 1 unspecified atom stereocenters. The Bertz CT molecular complexity index is 772. The molecule has 7 nitrogen and oxygen atoms in total. The molecule has 0 radical (unpaired) electrons. The number of nitrogens with zero attached hydrogens (tertiary/aromatic N) is 4. The maximum absolute atomic E-state index is 13.7. The van der Waals surface area contributed by atoms with E-state index in [9.17, 15) is 9.18 Å². The molecule has 0 spiro atoms. The van der Waals surface area contributed by atoms with Crippen LogP contribution in [0.15, 0.2) is 22.7 Å². The molecule has 1 fully saturated rings. The Balaban J connectivity index is 1.64. The lowest BCUT2D eigenvalue weighted by Crippen LogP contribution is -2.50. The lowest BCUT2D eigenvalue weighted by Gasteiger charge is -2.36. The summed E-state index contributed by atoms with van der Waals surface area (Å²) < 4.78 is 24.0. The summed E-state index contributed by atoms with van der Waals surface area (Å²) in [6.07, 6.45) is 0. The van der Waals surface area contributed by atoms with Crippen LogP contribution in [0.2, 0.25) is 0 Å². The first-order valence-corrected chi connectivity index (χ1v) is 8.60. The predicted octanol–water partition coefficient (Wildman–Crippen LogP) is 2.04. The van der Waals surface area contributed by atoms with Gasteiger partial charge >= 0.3 is 0 Å². The Morgan fingerprint density at radius 2 is 2.08 bits per heavy atom. The summed E-state index contributed by atoms with van der Waals surface area (Å²) in [7, 11) is 1.52. The number of hydrogen-bond acceptors (Lipinski definition) is 6. The van der Waals surface area contributed by atoms with Crippen molar-refractivity contribution in [3.63, 3.8) is 0 Å². The summed E-state index contributed by atoms with van der Waals surface area (Å²) in [5.41, 5.74) is 1.16. The molecular weight excluding hydrogens is 339 g/mol. The summed E-state index contributed by atoms with van der Waals surface area (Å²) >= 11 is 0. The van der Waals surface area contributed by atoms with Crippen LogP contribution in [0.4, 0.5) is 4.39 Å². The van der Waals surface area contributed by atoms with E-state index in [1.165, 1.54) is 13.2 Å². The van der Waals surface area contributed by atoms with Crippen molar-refractivity contribution < 1.29 is 18.4 Å². The van der Waals surface area contributed by atoms with Gasteiger partial charge in [0.15, 0.2) is 0 Å². The molecule has 2 aromatic rings. The SMILES string of the molecule is COCC(=O)N1CCN(C(C)c2nc(-c3ccc(C)c(F)c3)no2)CC1. The van der Waals surface area contributed by atoms with E-state index in [-0.39, 0.29) is 24.4 Å². The van der Waals surface area contributed by atoms with E-state index in [0.717, 1.165) is 0 Å². The van der Waals surface area contributed by atoms with Gasteiger partial charge in [-0.15, -0.1) is 0 Å². The zero-order valence-electron chi connectivity index (χ0n) is 15.2. The van der Waals surface area contributed by atoms with Crippen LogP contribution in [-0.4, -0.2) is 65.7 Å². The third-order valence-corrected chi connectivity index (χ3v) is 4.71. The van der Waals surface area contributed by atoms with Crippen LogP contribution >= 0.6 is 0 Å². The second kappa shape index (κ2) is 7.92. The molecule has 1 saturated heterocycles. The minimum atomic E-state index is -0.293. The number of aromatic nitrogens is 2. The summed E-state index contributed by atoms with van der Waals surface area (Å²) in [5.74, 6) is 0.567. The van der Waals surface area contributed by atoms with E-state index < -0.39 is 0 Å². The molecule has 140 valence electrons. The third kappa shape index (κ3) is 3.91. The molecule has 1 amide bonds. The molecule has 26 heavy (non-hydrogen) atoms. The van der Waals surface area contributed by atoms with Crippen LogP contribution < -0.4 is 0 Å². The number of benzene rings is 1. The first-order valence-electron chi connectivity index (χ1n) is 8.60. The lowest BCUT2D eigenvalue weighted by molar-refractivity contribution is -0.137. The van der Waals surface area contributed by atoms with E-state index >= 15 is 0 Å². The average Bonchev–Trinajstić information content (AvgIpc) is 3.14. The Hall–Kier alpha value is -2.32. The molecule has 1 aliphatic heterocycles. The first-order chi connectivity index (χ1) is 12.5. The molecule has 1 aliphatic rings. The summed E-state index contributed by atoms with van der Waals surface area (Å²) in [6, 6.07) is 4.80. The zero-order valence-corrected chi connectivity index (χ0v) is 15.2. The quantitative estimate of drug-likeness (QED) is 0.811. The Kier molecular flexibility index (Phi) is 5.63. The van der Waals surface area contributed by atoms with Crippen molar-refractivity contribution >= 4 is 5.91 Å². The van der Waals surface area contributed by atoms with E-state index in [2.05, 4.69) is 15.0 Å². The van der Waals surface area contributed by atoms with Gasteiger partial charge in [-0.05, 0) is 25.5 Å². The van der Waals surface area contributed by atoms with Gasteiger partial charge in [0.2, 0.25) is 17.6 Å². The average molecular weight is 362 g/mol. The fourth-order valence-corrected chi connectivity index (χ4v) is 2.98. The van der Waals surface area contributed by atoms with Crippen LogP contribution in [0, 0.1) is 12.7 Å². The normalized spacial score (nSPS) is 16.7. The van der Waals surface area contributed by atoms with Crippen molar-refractivity contribution in [3.8, 4) is 11.4 Å². The Labute approximate surface area is 151 Å². The smallest absolute Gasteiger partial charge is 0.248 e. The summed E-state index contributed by atoms with van der Waals surface area (Å²) in [5, 5.41) is 3.98. The first kappa shape index (κ1) is 18.5. The van der Waals surface area contributed by atoms with Gasteiger partial charge in [0.1, 0.15) is 12.4 Å². The Morgan fingerprint density at radius 1 is 1.35 bits per heavy atom. The molecule has 0 bridgehead atoms. The highest BCUT2D eigenvalue weighted by Crippen LogP contribution is 2.24. The van der Waals surface area contributed by atoms with Crippen LogP contribution in [0.3, 0.4) is 0 Å². The highest BCUT2D eigenvalue weighted by atomic mass is 19.1. The topological polar surface area (TPSA) is 71.7 Å². The standard InChI is InChI=1S/C18H23FN4O3/c1-12-4-5-14(10-15(12)19)17-20-18(26-21-17)13(2)22-6-8-23(9-7-22)16(24)11-25-3/h4-5,10,13H,6-9,11H2,1-3H3. The number of carbonyl (C=O) groups is 1. The monoisotopic (exact) mass is 362 g/mol. The number of ether oxygens (including phenoxy) is 1. The fourth-order valence-electron chi connectivity index (χ4n) is 2.98. The zero-order chi connectivity index (χ0) is 18.7. The van der Waals surface area contributed by atoms with E-state index in [4.69, 9.17) is 9.26 Å². The van der Waals surface area contributed by atoms with Crippen LogP contribution in [-0.2, 0) is 9.53 Å². The second-order valence-electron chi connectivity index (χ2n) is 6.45. The number of carbonyl (C=O) groups excluding carboxylic acids is 1. The van der Waals surface area contributed by atoms with Crippen molar-refractivity contribution in [1.82, 2.24) is 19.9 Å². The molecule has 0 N–H and O–H groups in total. The summed E-state index contributed by atoms with van der Waals surface area (Å²) in [4.78, 5) is 20.3. The highest BCUT2D eigenvalue weighted by molar-refractivity contribution is 5.77. The molecule has 1 aromatic heterocycles. The molecule has 1 atom stereocenters. The number of aryl methyl sites for hydroxylation is 1. The van der Waals surface area contributed by atoms with Crippen LogP contribution in [0.25, 0.3) is 11.4 Å². The van der Waals surface area contributed by atoms with Gasteiger partial charge in [0.25, 0.3) is 0 Å². The van der Waals surface area contributed by atoms with E-state index in [1.807, 2.05) is 6.92 Å². The fraction of sp³-hybridized carbons (Fsp3) is 0.500. The van der Waals surface area contributed by atoms with Crippen molar-refractivity contribution in [2.75, 3.05) is 39.9 Å². The number of halogens is 1. The van der Waals surface area contributed by atoms with Crippen molar-refractivity contribution in [3.05, 3.63) is 35.5 Å². The number of methoxy groups -OCH3 is 1. The van der Waals surface area contributed by atoms with Crippen LogP contribution in [0.5, 0.6) is 0 Å². The van der Waals surface area contributed by atoms with Crippen LogP contribution in [0.1, 0.15) is 24.4 Å². The number of rotatable bonds is 5. The largest absolute Gasteiger partial charge is 0.375 e. The van der Waals surface area contributed by atoms with Gasteiger partial charge in [-0.25, -0.2) is 4.39 Å². The van der Waals surface area contributed by atoms with E-state index in [0.29, 0.717) is 49.0 Å². The molecule has 8 heteroatoms. The van der Waals surface area contributed by atoms with Gasteiger partial charge in [-0.1, -0.05) is 17.3 Å². The molecule has 0 aliphatic carbocycles. The second-order valence-corrected chi connectivity index (χ2v) is 6.45. The molecule has 2 heterocycles. The van der Waals surface area contributed by atoms with Crippen molar-refractivity contribution in [2.24, 2.45) is 0 Å².